The third kappa shape index (κ3) is 2.22. The predicted molar refractivity (Wildman–Crippen MR) is 90.9 cm³/mol. The van der Waals surface area contributed by atoms with Gasteiger partial charge in [0.05, 0.1) is 21.7 Å². The summed E-state index contributed by atoms with van der Waals surface area (Å²) in [5.41, 5.74) is 4.11. The largest absolute Gasteiger partial charge is 0.330 e. The molecular weight excluding hydrogens is 391 g/mol. The van der Waals surface area contributed by atoms with E-state index in [0.717, 1.165) is 22.3 Å². The Morgan fingerprint density at radius 1 is 1.26 bits per heavy atom. The van der Waals surface area contributed by atoms with Gasteiger partial charge in [-0.25, -0.2) is 0 Å². The van der Waals surface area contributed by atoms with E-state index in [9.17, 15) is 0 Å². The van der Waals surface area contributed by atoms with Crippen molar-refractivity contribution in [1.29, 1.82) is 0 Å². The Morgan fingerprint density at radius 2 is 2.05 bits per heavy atom. The molecule has 1 heterocycles. The first-order chi connectivity index (χ1) is 9.08. The van der Waals surface area contributed by atoms with Gasteiger partial charge in [0.15, 0.2) is 4.77 Å². The number of hydrogen-bond donors (Lipinski definition) is 1. The number of hydrogen-bond acceptors (Lipinski definition) is 1. The van der Waals surface area contributed by atoms with Crippen molar-refractivity contribution in [2.45, 2.75) is 6.92 Å². The van der Waals surface area contributed by atoms with Crippen LogP contribution in [-0.2, 0) is 0 Å². The van der Waals surface area contributed by atoms with E-state index < -0.39 is 0 Å². The molecule has 0 unspecified atom stereocenters. The van der Waals surface area contributed by atoms with Gasteiger partial charge in [0, 0.05) is 3.57 Å². The molecule has 19 heavy (non-hydrogen) atoms. The molecule has 0 aliphatic heterocycles. The van der Waals surface area contributed by atoms with Crippen LogP contribution in [-0.4, -0.2) is 9.55 Å². The average molecular weight is 401 g/mol. The lowest BCUT2D eigenvalue weighted by Gasteiger charge is -2.10. The molecule has 0 fully saturated rings. The number of aromatic amines is 1. The second kappa shape index (κ2) is 4.92. The maximum absolute atomic E-state index is 6.34. The molecule has 5 heteroatoms. The lowest BCUT2D eigenvalue weighted by atomic mass is 10.2. The number of rotatable bonds is 1. The van der Waals surface area contributed by atoms with Crippen LogP contribution in [0.1, 0.15) is 5.56 Å². The van der Waals surface area contributed by atoms with E-state index in [0.29, 0.717) is 9.79 Å². The maximum Gasteiger partial charge on any atom is 0.182 e. The Balaban J connectivity index is 2.43. The third-order valence-corrected chi connectivity index (χ3v) is 4.32. The molecular formula is C14H10ClIN2S. The van der Waals surface area contributed by atoms with Crippen molar-refractivity contribution in [2.24, 2.45) is 0 Å². The number of aromatic nitrogens is 2. The van der Waals surface area contributed by atoms with Crippen molar-refractivity contribution in [2.75, 3.05) is 0 Å². The summed E-state index contributed by atoms with van der Waals surface area (Å²) in [7, 11) is 0. The standard InChI is InChI=1S/C14H10ClIN2S/c1-8-3-2-4-10(15)13(8)18-12-6-5-9(16)7-11(12)17-14(18)19/h2-7H,1H3,(H,17,19). The van der Waals surface area contributed by atoms with Crippen molar-refractivity contribution >= 4 is 57.4 Å². The Labute approximate surface area is 134 Å². The van der Waals surface area contributed by atoms with Crippen LogP contribution in [0.15, 0.2) is 36.4 Å². The summed E-state index contributed by atoms with van der Waals surface area (Å²) < 4.78 is 3.83. The molecule has 3 aromatic rings. The van der Waals surface area contributed by atoms with E-state index in [1.165, 1.54) is 3.57 Å². The number of fused-ring (bicyclic) bond motifs is 1. The predicted octanol–water partition coefficient (Wildman–Crippen LogP) is 5.25. The number of nitrogens with zero attached hydrogens (tertiary/aromatic N) is 1. The van der Waals surface area contributed by atoms with Crippen molar-refractivity contribution in [3.63, 3.8) is 0 Å². The van der Waals surface area contributed by atoms with Crippen LogP contribution in [0.3, 0.4) is 0 Å². The number of imidazole rings is 1. The molecule has 0 spiro atoms. The monoisotopic (exact) mass is 400 g/mol. The highest BCUT2D eigenvalue weighted by molar-refractivity contribution is 14.1. The zero-order valence-corrected chi connectivity index (χ0v) is 13.8. The van der Waals surface area contributed by atoms with Crippen LogP contribution >= 0.6 is 46.4 Å². The van der Waals surface area contributed by atoms with Crippen LogP contribution in [0.2, 0.25) is 5.02 Å². The van der Waals surface area contributed by atoms with Gasteiger partial charge in [-0.15, -0.1) is 0 Å². The number of H-pyrrole nitrogens is 1. The van der Waals surface area contributed by atoms with Crippen molar-refractivity contribution in [3.05, 3.63) is 55.3 Å². The second-order valence-corrected chi connectivity index (χ2v) is 6.37. The van der Waals surface area contributed by atoms with E-state index in [4.69, 9.17) is 23.8 Å². The first kappa shape index (κ1) is 13.1. The minimum atomic E-state index is 0.660. The van der Waals surface area contributed by atoms with Gasteiger partial charge in [0.25, 0.3) is 0 Å². The molecule has 2 nitrogen and oxygen atoms in total. The van der Waals surface area contributed by atoms with E-state index in [-0.39, 0.29) is 0 Å². The molecule has 0 aliphatic rings. The van der Waals surface area contributed by atoms with Gasteiger partial charge < -0.3 is 4.98 Å². The molecule has 96 valence electrons. The minimum absolute atomic E-state index is 0.660. The summed E-state index contributed by atoms with van der Waals surface area (Å²) in [4.78, 5) is 3.24. The number of benzene rings is 2. The van der Waals surface area contributed by atoms with Gasteiger partial charge in [0.1, 0.15) is 0 Å². The van der Waals surface area contributed by atoms with Gasteiger partial charge in [-0.2, -0.15) is 0 Å². The Morgan fingerprint density at radius 3 is 2.79 bits per heavy atom. The zero-order valence-electron chi connectivity index (χ0n) is 10.1. The molecule has 3 rings (SSSR count). The Bertz CT molecular complexity index is 815. The number of aryl methyl sites for hydroxylation is 1. The van der Waals surface area contributed by atoms with Crippen LogP contribution in [0.5, 0.6) is 0 Å². The highest BCUT2D eigenvalue weighted by Crippen LogP contribution is 2.28. The first-order valence-electron chi connectivity index (χ1n) is 5.73. The summed E-state index contributed by atoms with van der Waals surface area (Å²) in [5, 5.41) is 0.704. The normalized spacial score (nSPS) is 11.1. The van der Waals surface area contributed by atoms with E-state index >= 15 is 0 Å². The summed E-state index contributed by atoms with van der Waals surface area (Å²) in [6.45, 7) is 2.04. The number of nitrogens with one attached hydrogen (secondary N) is 1. The van der Waals surface area contributed by atoms with Gasteiger partial charge in [-0.1, -0.05) is 23.7 Å². The van der Waals surface area contributed by atoms with Crippen molar-refractivity contribution < 1.29 is 0 Å². The molecule has 1 N–H and O–H groups in total. The summed E-state index contributed by atoms with van der Waals surface area (Å²) >= 11 is 14.1. The molecule has 1 aromatic heterocycles. The zero-order chi connectivity index (χ0) is 13.6. The molecule has 0 aliphatic carbocycles. The summed E-state index contributed by atoms with van der Waals surface area (Å²) in [6.07, 6.45) is 0. The fourth-order valence-corrected chi connectivity index (χ4v) is 3.31. The third-order valence-electron chi connectivity index (χ3n) is 3.06. The minimum Gasteiger partial charge on any atom is -0.330 e. The molecule has 0 radical (unpaired) electrons. The van der Waals surface area contributed by atoms with Crippen LogP contribution in [0, 0.1) is 15.3 Å². The van der Waals surface area contributed by atoms with Gasteiger partial charge in [0.2, 0.25) is 0 Å². The van der Waals surface area contributed by atoms with Crippen molar-refractivity contribution in [3.8, 4) is 5.69 Å². The first-order valence-corrected chi connectivity index (χ1v) is 7.60. The van der Waals surface area contributed by atoms with E-state index in [1.807, 2.05) is 29.7 Å². The van der Waals surface area contributed by atoms with Crippen LogP contribution in [0.25, 0.3) is 16.7 Å². The molecule has 0 saturated carbocycles. The lowest BCUT2D eigenvalue weighted by Crippen LogP contribution is -1.98. The van der Waals surface area contributed by atoms with Crippen LogP contribution < -0.4 is 0 Å². The number of para-hydroxylation sites is 1. The molecule has 2 aromatic carbocycles. The quantitative estimate of drug-likeness (QED) is 0.437. The highest BCUT2D eigenvalue weighted by Gasteiger charge is 2.11. The average Bonchev–Trinajstić information content (AvgIpc) is 2.65. The van der Waals surface area contributed by atoms with Crippen molar-refractivity contribution in [1.82, 2.24) is 9.55 Å². The highest BCUT2D eigenvalue weighted by atomic mass is 127. The molecule has 0 bridgehead atoms. The smallest absolute Gasteiger partial charge is 0.182 e. The SMILES string of the molecule is Cc1cccc(Cl)c1-n1c(=S)[nH]c2cc(I)ccc21. The molecule has 0 atom stereocenters. The number of halogens is 2. The molecule has 0 amide bonds. The summed E-state index contributed by atoms with van der Waals surface area (Å²) in [5.74, 6) is 0. The van der Waals surface area contributed by atoms with Crippen LogP contribution in [0.4, 0.5) is 0 Å². The molecule has 0 saturated heterocycles. The van der Waals surface area contributed by atoms with Gasteiger partial charge in [-0.3, -0.25) is 4.57 Å². The topological polar surface area (TPSA) is 20.7 Å². The maximum atomic E-state index is 6.34. The second-order valence-electron chi connectivity index (χ2n) is 4.33. The van der Waals surface area contributed by atoms with E-state index in [1.54, 1.807) is 0 Å². The summed E-state index contributed by atoms with van der Waals surface area (Å²) in [6, 6.07) is 12.1. The van der Waals surface area contributed by atoms with E-state index in [2.05, 4.69) is 45.8 Å². The lowest BCUT2D eigenvalue weighted by molar-refractivity contribution is 1.05. The fourth-order valence-electron chi connectivity index (χ4n) is 2.21. The van der Waals surface area contributed by atoms with Gasteiger partial charge >= 0.3 is 0 Å². The fraction of sp³-hybridized carbons (Fsp3) is 0.0714. The van der Waals surface area contributed by atoms with Gasteiger partial charge in [-0.05, 0) is 71.6 Å². The Kier molecular flexibility index (Phi) is 3.41. The Hall–Kier alpha value is -0.850.